The van der Waals surface area contributed by atoms with Gasteiger partial charge in [0.2, 0.25) is 11.9 Å². The number of nitrogens with zero attached hydrogens (tertiary/aromatic N) is 3. The number of aromatic amines is 1. The highest BCUT2D eigenvalue weighted by Crippen LogP contribution is 2.58. The third kappa shape index (κ3) is 34.9. The third-order valence-electron chi connectivity index (χ3n) is 19.1. The molecule has 1 aromatic carbocycles. The van der Waals surface area contributed by atoms with E-state index in [4.69, 9.17) is 5.73 Å². The first-order chi connectivity index (χ1) is 43.0. The van der Waals surface area contributed by atoms with E-state index in [1.54, 1.807) is 24.3 Å². The second-order valence-corrected chi connectivity index (χ2v) is 31.0. The summed E-state index contributed by atoms with van der Waals surface area (Å²) in [5.41, 5.74) is 7.73. The van der Waals surface area contributed by atoms with Gasteiger partial charge in [-0.25, -0.2) is 4.79 Å². The first-order valence-corrected chi connectivity index (χ1v) is 37.9. The maximum atomic E-state index is 13.7. The number of unbranched alkanes of at least 4 members (excludes halogenated alkanes) is 2. The number of nitrogen functional groups attached to an aromatic ring is 1. The quantitative estimate of drug-likeness (QED) is 0.0187. The van der Waals surface area contributed by atoms with Crippen LogP contribution in [0.1, 0.15) is 278 Å². The number of carbonyl (C=O) groups is 2. The zero-order valence-electron chi connectivity index (χ0n) is 58.9. The summed E-state index contributed by atoms with van der Waals surface area (Å²) in [6, 6.07) is 6.86. The molecule has 2 aromatic heterocycles. The van der Waals surface area contributed by atoms with Crippen molar-refractivity contribution in [2.45, 2.75) is 274 Å². The fourth-order valence-electron chi connectivity index (χ4n) is 12.6. The average Bonchev–Trinajstić information content (AvgIpc) is 1.60. The lowest BCUT2D eigenvalue weighted by Crippen LogP contribution is -2.37. The SMILES string of the molecule is CCCCNc1nc(N)c2[nH]c(=O)n(Cc3ccc(C(=O)NCC(=O)NCCCNCCCCNCCCNCCC(CCC(C)CCCC(C)CCCC(C)CCCC(C)C)(CCC(C)CCCC(C)CCCC(C)CCCC(C)C)P(=O)(O)O)cc3)c2n1. The molecule has 0 saturated heterocycles. The summed E-state index contributed by atoms with van der Waals surface area (Å²) in [5.74, 6) is 5.51. The lowest BCUT2D eigenvalue weighted by Gasteiger charge is -2.36. The number of carbonyl (C=O) groups excluding carboxylic acids is 2. The van der Waals surface area contributed by atoms with E-state index < -0.39 is 12.8 Å². The molecule has 0 radical (unpaired) electrons. The van der Waals surface area contributed by atoms with Gasteiger partial charge >= 0.3 is 13.3 Å². The van der Waals surface area contributed by atoms with E-state index in [2.05, 4.69) is 123 Å². The molecule has 17 nitrogen and oxygen atoms in total. The molecule has 0 spiro atoms. The lowest BCUT2D eigenvalue weighted by atomic mass is 9.84. The van der Waals surface area contributed by atoms with Crippen LogP contribution in [0.15, 0.2) is 29.1 Å². The van der Waals surface area contributed by atoms with E-state index in [9.17, 15) is 28.7 Å². The Morgan fingerprint density at radius 1 is 0.544 bits per heavy atom. The van der Waals surface area contributed by atoms with Crippen molar-refractivity contribution in [3.05, 3.63) is 45.9 Å². The molecule has 0 aliphatic rings. The van der Waals surface area contributed by atoms with Crippen molar-refractivity contribution >= 4 is 42.3 Å². The van der Waals surface area contributed by atoms with Crippen LogP contribution in [-0.4, -0.2) is 105 Å². The summed E-state index contributed by atoms with van der Waals surface area (Å²) in [5, 5.41) is 18.3. The van der Waals surface area contributed by atoms with Crippen LogP contribution >= 0.6 is 7.60 Å². The summed E-state index contributed by atoms with van der Waals surface area (Å²) in [7, 11) is -4.39. The second kappa shape index (κ2) is 46.3. The van der Waals surface area contributed by atoms with Gasteiger partial charge in [0, 0.05) is 18.7 Å². The molecule has 0 saturated carbocycles. The van der Waals surface area contributed by atoms with E-state index in [1.807, 2.05) is 0 Å². The minimum absolute atomic E-state index is 0.134. The van der Waals surface area contributed by atoms with Gasteiger partial charge in [-0.2, -0.15) is 9.97 Å². The Balaban J connectivity index is 1.32. The van der Waals surface area contributed by atoms with Crippen molar-refractivity contribution in [1.82, 2.24) is 46.1 Å². The standard InChI is InChI=1S/C72H134N11O6P/c1-12-13-50-78-70-81-67(73)66-68(82-70)83(71(86)80-66)54-63-36-38-64(39-37-63)69(85)79-53-65(84)77-51-23-49-75-46-15-14-45-74-47-22-48-76-52-44-72(90(87,88)89,42-40-61(10)34-20-32-59(8)30-18-28-57(6)26-16-24-55(2)3)43-41-62(11)35-21-33-60(9)31-19-29-58(7)27-17-25-56(4)5/h36-39,55-62,74-76H,12-35,40-54H2,1-11H3,(H,77,84)(H,79,85)(H,80,86)(H2,87,88,89)(H3,73,78,81,82). The number of hydrogen-bond acceptors (Lipinski definition) is 11. The molecule has 0 aliphatic heterocycles. The van der Waals surface area contributed by atoms with Crippen LogP contribution in [0.3, 0.4) is 0 Å². The Kier molecular flexibility index (Phi) is 41.3. The smallest absolute Gasteiger partial charge is 0.331 e. The highest BCUT2D eigenvalue weighted by molar-refractivity contribution is 7.53. The van der Waals surface area contributed by atoms with Gasteiger partial charge in [0.1, 0.15) is 5.52 Å². The number of imidazole rings is 1. The molecule has 11 N–H and O–H groups in total. The van der Waals surface area contributed by atoms with Gasteiger partial charge < -0.3 is 52.4 Å². The number of rotatable bonds is 56. The van der Waals surface area contributed by atoms with Crippen LogP contribution in [0.5, 0.6) is 0 Å². The molecular formula is C72H134N11O6P. The molecule has 3 rings (SSSR count). The number of nitrogens with one attached hydrogen (secondary N) is 7. The van der Waals surface area contributed by atoms with E-state index in [0.717, 1.165) is 138 Å². The molecule has 6 unspecified atom stereocenters. The fourth-order valence-corrected chi connectivity index (χ4v) is 13.9. The van der Waals surface area contributed by atoms with Gasteiger partial charge in [0.25, 0.3) is 5.91 Å². The summed E-state index contributed by atoms with van der Waals surface area (Å²) >= 11 is 0. The Bertz CT molecular complexity index is 2410. The van der Waals surface area contributed by atoms with Crippen LogP contribution in [-0.2, 0) is 15.9 Å². The van der Waals surface area contributed by atoms with Crippen molar-refractivity contribution in [1.29, 1.82) is 0 Å². The van der Waals surface area contributed by atoms with Gasteiger partial charge in [0.05, 0.1) is 18.2 Å². The zero-order chi connectivity index (χ0) is 66.2. The minimum Gasteiger partial charge on any atom is -0.382 e. The summed E-state index contributed by atoms with van der Waals surface area (Å²) in [6.45, 7) is 31.9. The molecule has 0 bridgehead atoms. The van der Waals surface area contributed by atoms with Gasteiger partial charge in [0.15, 0.2) is 11.5 Å². The van der Waals surface area contributed by atoms with Crippen LogP contribution in [0.25, 0.3) is 11.2 Å². The van der Waals surface area contributed by atoms with Gasteiger partial charge in [-0.15, -0.1) is 0 Å². The van der Waals surface area contributed by atoms with Gasteiger partial charge in [-0.3, -0.25) is 18.7 Å². The average molecular weight is 1280 g/mol. The number of H-pyrrole nitrogens is 1. The molecule has 518 valence electrons. The van der Waals surface area contributed by atoms with Gasteiger partial charge in [-0.1, -0.05) is 210 Å². The number of aromatic nitrogens is 4. The number of fused-ring (bicyclic) bond motifs is 1. The molecule has 90 heavy (non-hydrogen) atoms. The fraction of sp³-hybridized carbons (Fsp3) is 0.819. The predicted octanol–water partition coefficient (Wildman–Crippen LogP) is 15.2. The maximum absolute atomic E-state index is 13.7. The largest absolute Gasteiger partial charge is 0.382 e. The lowest BCUT2D eigenvalue weighted by molar-refractivity contribution is -0.120. The van der Waals surface area contributed by atoms with Crippen molar-refractivity contribution in [2.24, 2.45) is 47.3 Å². The Labute approximate surface area is 547 Å². The molecule has 18 heteroatoms. The van der Waals surface area contributed by atoms with Crippen molar-refractivity contribution < 1.29 is 23.9 Å². The van der Waals surface area contributed by atoms with Crippen LogP contribution in [0.4, 0.5) is 11.8 Å². The van der Waals surface area contributed by atoms with E-state index in [-0.39, 0.29) is 36.4 Å². The normalized spacial score (nSPS) is 14.8. The monoisotopic (exact) mass is 1280 g/mol. The highest BCUT2D eigenvalue weighted by atomic mass is 31.2. The molecule has 3 aromatic rings. The second-order valence-electron chi connectivity index (χ2n) is 28.9. The molecule has 2 amide bonds. The first-order valence-electron chi connectivity index (χ1n) is 36.3. The molecular weight excluding hydrogens is 1150 g/mol. The third-order valence-corrected chi connectivity index (χ3v) is 21.0. The zero-order valence-corrected chi connectivity index (χ0v) is 59.8. The molecule has 0 fully saturated rings. The molecule has 0 aliphatic carbocycles. The van der Waals surface area contributed by atoms with Crippen molar-refractivity contribution in [2.75, 3.05) is 70.0 Å². The number of benzene rings is 1. The van der Waals surface area contributed by atoms with Crippen LogP contribution in [0, 0.1) is 47.3 Å². The Morgan fingerprint density at radius 2 is 0.978 bits per heavy atom. The van der Waals surface area contributed by atoms with E-state index in [1.165, 1.54) is 107 Å². The van der Waals surface area contributed by atoms with Crippen LogP contribution in [0.2, 0.25) is 0 Å². The van der Waals surface area contributed by atoms with Crippen LogP contribution < -0.4 is 43.3 Å². The Hall–Kier alpha value is -3.86. The molecule has 6 atom stereocenters. The number of nitrogens with two attached hydrogens (primary N) is 1. The molecule has 2 heterocycles. The summed E-state index contributed by atoms with van der Waals surface area (Å²) in [6.07, 6.45) is 32.3. The number of amides is 2. The highest BCUT2D eigenvalue weighted by Gasteiger charge is 2.45. The predicted molar refractivity (Wildman–Crippen MR) is 380 cm³/mol. The van der Waals surface area contributed by atoms with Gasteiger partial charge in [-0.05, 0) is 169 Å². The summed E-state index contributed by atoms with van der Waals surface area (Å²) in [4.78, 5) is 72.2. The van der Waals surface area contributed by atoms with Crippen molar-refractivity contribution in [3.63, 3.8) is 0 Å². The van der Waals surface area contributed by atoms with Crippen molar-refractivity contribution in [3.8, 4) is 0 Å². The topological polar surface area (TPSA) is 253 Å². The number of hydrogen-bond donors (Lipinski definition) is 10. The van der Waals surface area contributed by atoms with E-state index in [0.29, 0.717) is 73.4 Å². The maximum Gasteiger partial charge on any atom is 0.331 e. The van der Waals surface area contributed by atoms with E-state index >= 15 is 0 Å². The minimum atomic E-state index is -4.39. The summed E-state index contributed by atoms with van der Waals surface area (Å²) < 4.78 is 15.2. The first kappa shape index (κ1) is 80.4. The number of anilines is 2. The Morgan fingerprint density at radius 3 is 1.43 bits per heavy atom.